The predicted molar refractivity (Wildman–Crippen MR) is 65.6 cm³/mol. The van der Waals surface area contributed by atoms with Gasteiger partial charge >= 0.3 is 0 Å². The van der Waals surface area contributed by atoms with Gasteiger partial charge in [-0.15, -0.1) is 0 Å². The summed E-state index contributed by atoms with van der Waals surface area (Å²) in [5, 5.41) is 3.04. The Hall–Kier alpha value is -1.49. The van der Waals surface area contributed by atoms with Crippen LogP contribution in [-0.4, -0.2) is 4.98 Å². The second-order valence-corrected chi connectivity index (χ2v) is 4.22. The molecule has 0 aliphatic rings. The van der Waals surface area contributed by atoms with Crippen molar-refractivity contribution in [2.24, 2.45) is 0 Å². The molecule has 0 saturated carbocycles. The molecule has 0 aliphatic heterocycles. The average Bonchev–Trinajstić information content (AvgIpc) is 2.27. The van der Waals surface area contributed by atoms with Crippen LogP contribution in [0.2, 0.25) is 0 Å². The van der Waals surface area contributed by atoms with Gasteiger partial charge in [0, 0.05) is 18.8 Å². The molecule has 1 heterocycles. The summed E-state index contributed by atoms with van der Waals surface area (Å²) in [5.74, 6) is -1.15. The van der Waals surface area contributed by atoms with Gasteiger partial charge in [-0.3, -0.25) is 0 Å². The van der Waals surface area contributed by atoms with E-state index in [1.54, 1.807) is 12.3 Å². The summed E-state index contributed by atoms with van der Waals surface area (Å²) in [6, 6.07) is 7.04. The molecule has 1 aromatic heterocycles. The van der Waals surface area contributed by atoms with Gasteiger partial charge in [0.2, 0.25) is 0 Å². The van der Waals surface area contributed by atoms with Crippen LogP contribution in [-0.2, 0) is 6.54 Å². The largest absolute Gasteiger partial charge is 0.379 e. The van der Waals surface area contributed by atoms with E-state index >= 15 is 0 Å². The second-order valence-electron chi connectivity index (χ2n) is 3.47. The number of aromatic nitrogens is 1. The Kier molecular flexibility index (Phi) is 3.68. The van der Waals surface area contributed by atoms with E-state index in [-0.39, 0.29) is 0 Å². The lowest BCUT2D eigenvalue weighted by molar-refractivity contribution is 0.580. The van der Waals surface area contributed by atoms with Crippen LogP contribution in [0.1, 0.15) is 5.56 Å². The molecule has 1 aromatic carbocycles. The third-order valence-corrected chi connectivity index (χ3v) is 2.80. The van der Waals surface area contributed by atoms with E-state index in [2.05, 4.69) is 26.2 Å². The Labute approximate surface area is 106 Å². The van der Waals surface area contributed by atoms with Crippen LogP contribution in [0.15, 0.2) is 41.1 Å². The van der Waals surface area contributed by atoms with E-state index in [1.807, 2.05) is 6.07 Å². The van der Waals surface area contributed by atoms with Crippen molar-refractivity contribution in [3.05, 3.63) is 58.3 Å². The quantitative estimate of drug-likeness (QED) is 0.873. The first-order valence-corrected chi connectivity index (χ1v) is 5.74. The zero-order valence-corrected chi connectivity index (χ0v) is 10.3. The summed E-state index contributed by atoms with van der Waals surface area (Å²) in [5.41, 5.74) is 1.32. The summed E-state index contributed by atoms with van der Waals surface area (Å²) in [6.07, 6.45) is 1.65. The highest BCUT2D eigenvalue weighted by Gasteiger charge is 2.02. The minimum atomic E-state index is -0.577. The molecule has 0 saturated heterocycles. The van der Waals surface area contributed by atoms with Crippen LogP contribution in [0.25, 0.3) is 0 Å². The van der Waals surface area contributed by atoms with Crippen LogP contribution in [0, 0.1) is 11.6 Å². The van der Waals surface area contributed by atoms with E-state index in [4.69, 9.17) is 0 Å². The van der Waals surface area contributed by atoms with Gasteiger partial charge in [-0.2, -0.15) is 0 Å². The number of anilines is 1. The van der Waals surface area contributed by atoms with Crippen molar-refractivity contribution < 1.29 is 8.78 Å². The van der Waals surface area contributed by atoms with Crippen molar-refractivity contribution in [3.8, 4) is 0 Å². The van der Waals surface area contributed by atoms with Crippen LogP contribution in [0.5, 0.6) is 0 Å². The third kappa shape index (κ3) is 3.23. The molecule has 2 nitrogen and oxygen atoms in total. The standard InChI is InChI=1S/C12H9BrF2N2/c13-12-11(2-1-3-16-12)17-7-8-4-9(14)6-10(15)5-8/h1-6,17H,7H2. The molecular formula is C12H9BrF2N2. The zero-order valence-electron chi connectivity index (χ0n) is 8.75. The molecular weight excluding hydrogens is 290 g/mol. The average molecular weight is 299 g/mol. The normalized spacial score (nSPS) is 10.3. The minimum Gasteiger partial charge on any atom is -0.379 e. The van der Waals surface area contributed by atoms with Gasteiger partial charge in [-0.05, 0) is 45.8 Å². The smallest absolute Gasteiger partial charge is 0.129 e. The van der Waals surface area contributed by atoms with Gasteiger partial charge in [0.05, 0.1) is 5.69 Å². The van der Waals surface area contributed by atoms with Crippen molar-refractivity contribution in [1.82, 2.24) is 4.98 Å². The summed E-state index contributed by atoms with van der Waals surface area (Å²) in [4.78, 5) is 4.03. The van der Waals surface area contributed by atoms with E-state index in [9.17, 15) is 8.78 Å². The van der Waals surface area contributed by atoms with E-state index < -0.39 is 11.6 Å². The fourth-order valence-corrected chi connectivity index (χ4v) is 1.82. The lowest BCUT2D eigenvalue weighted by Crippen LogP contribution is -2.01. The summed E-state index contributed by atoms with van der Waals surface area (Å²) >= 11 is 3.28. The Morgan fingerprint density at radius 2 is 1.88 bits per heavy atom. The summed E-state index contributed by atoms with van der Waals surface area (Å²) in [6.45, 7) is 0.332. The SMILES string of the molecule is Fc1cc(F)cc(CNc2cccnc2Br)c1. The molecule has 0 radical (unpaired) electrons. The number of pyridine rings is 1. The van der Waals surface area contributed by atoms with E-state index in [0.717, 1.165) is 11.8 Å². The molecule has 0 atom stereocenters. The second kappa shape index (κ2) is 5.23. The molecule has 2 aromatic rings. The van der Waals surface area contributed by atoms with Gasteiger partial charge in [-0.25, -0.2) is 13.8 Å². The molecule has 5 heteroatoms. The molecule has 0 unspecified atom stereocenters. The molecule has 0 fully saturated rings. The fraction of sp³-hybridized carbons (Fsp3) is 0.0833. The van der Waals surface area contributed by atoms with E-state index in [1.165, 1.54) is 12.1 Å². The molecule has 0 bridgehead atoms. The summed E-state index contributed by atoms with van der Waals surface area (Å²) < 4.78 is 26.6. The maximum absolute atomic E-state index is 12.9. The van der Waals surface area contributed by atoms with Gasteiger partial charge in [0.15, 0.2) is 0 Å². The zero-order chi connectivity index (χ0) is 12.3. The van der Waals surface area contributed by atoms with Crippen molar-refractivity contribution in [2.45, 2.75) is 6.54 Å². The van der Waals surface area contributed by atoms with Gasteiger partial charge in [0.1, 0.15) is 16.2 Å². The van der Waals surface area contributed by atoms with Crippen LogP contribution >= 0.6 is 15.9 Å². The Bertz CT molecular complexity index is 511. The van der Waals surface area contributed by atoms with Crippen molar-refractivity contribution in [1.29, 1.82) is 0 Å². The van der Waals surface area contributed by atoms with Crippen molar-refractivity contribution >= 4 is 21.6 Å². The van der Waals surface area contributed by atoms with Crippen LogP contribution < -0.4 is 5.32 Å². The van der Waals surface area contributed by atoms with Gasteiger partial charge in [-0.1, -0.05) is 0 Å². The first kappa shape index (κ1) is 12.0. The highest BCUT2D eigenvalue weighted by atomic mass is 79.9. The molecule has 17 heavy (non-hydrogen) atoms. The first-order valence-electron chi connectivity index (χ1n) is 4.94. The molecule has 0 aliphatic carbocycles. The van der Waals surface area contributed by atoms with Crippen LogP contribution in [0.4, 0.5) is 14.5 Å². The highest BCUT2D eigenvalue weighted by Crippen LogP contribution is 2.19. The monoisotopic (exact) mass is 298 g/mol. The summed E-state index contributed by atoms with van der Waals surface area (Å²) in [7, 11) is 0. The van der Waals surface area contributed by atoms with Gasteiger partial charge < -0.3 is 5.32 Å². The number of nitrogens with zero attached hydrogens (tertiary/aromatic N) is 1. The molecule has 1 N–H and O–H groups in total. The number of hydrogen-bond acceptors (Lipinski definition) is 2. The highest BCUT2D eigenvalue weighted by molar-refractivity contribution is 9.10. The number of hydrogen-bond donors (Lipinski definition) is 1. The molecule has 0 spiro atoms. The van der Waals surface area contributed by atoms with Crippen molar-refractivity contribution in [2.75, 3.05) is 5.32 Å². The fourth-order valence-electron chi connectivity index (χ4n) is 1.43. The Morgan fingerprint density at radius 1 is 1.18 bits per heavy atom. The Balaban J connectivity index is 2.10. The maximum Gasteiger partial charge on any atom is 0.129 e. The predicted octanol–water partition coefficient (Wildman–Crippen LogP) is 3.73. The number of nitrogens with one attached hydrogen (secondary N) is 1. The minimum absolute atomic E-state index is 0.332. The van der Waals surface area contributed by atoms with Crippen LogP contribution in [0.3, 0.4) is 0 Å². The lowest BCUT2D eigenvalue weighted by atomic mass is 10.2. The lowest BCUT2D eigenvalue weighted by Gasteiger charge is -2.07. The molecule has 88 valence electrons. The third-order valence-electron chi connectivity index (χ3n) is 2.16. The molecule has 2 rings (SSSR count). The van der Waals surface area contributed by atoms with E-state index in [0.29, 0.717) is 16.7 Å². The molecule has 0 amide bonds. The van der Waals surface area contributed by atoms with Crippen molar-refractivity contribution in [3.63, 3.8) is 0 Å². The number of benzene rings is 1. The first-order chi connectivity index (χ1) is 8.15. The topological polar surface area (TPSA) is 24.9 Å². The number of rotatable bonds is 3. The Morgan fingerprint density at radius 3 is 2.53 bits per heavy atom. The maximum atomic E-state index is 12.9. The van der Waals surface area contributed by atoms with Gasteiger partial charge in [0.25, 0.3) is 0 Å². The number of halogens is 3.